The summed E-state index contributed by atoms with van der Waals surface area (Å²) in [6.07, 6.45) is 3.22. The number of fused-ring (bicyclic) bond motifs is 2. The second-order valence-electron chi connectivity index (χ2n) is 8.44. The van der Waals surface area contributed by atoms with E-state index in [0.29, 0.717) is 40.3 Å². The van der Waals surface area contributed by atoms with E-state index in [1.54, 1.807) is 54.9 Å². The molecule has 0 radical (unpaired) electrons. The molecule has 2 aromatic carbocycles. The lowest BCUT2D eigenvalue weighted by Crippen LogP contribution is -2.29. The molecule has 0 atom stereocenters. The molecule has 0 bridgehead atoms. The van der Waals surface area contributed by atoms with Gasteiger partial charge in [0.1, 0.15) is 23.9 Å². The van der Waals surface area contributed by atoms with Crippen LogP contribution in [0.4, 0.5) is 9.18 Å². The normalized spacial score (nSPS) is 11.1. The van der Waals surface area contributed by atoms with Gasteiger partial charge in [-0.25, -0.2) is 14.7 Å². The zero-order chi connectivity index (χ0) is 25.7. The molecule has 36 heavy (non-hydrogen) atoms. The number of halogens is 1. The number of amides is 2. The zero-order valence-corrected chi connectivity index (χ0v) is 20.2. The van der Waals surface area contributed by atoms with Crippen molar-refractivity contribution >= 4 is 33.7 Å². The van der Waals surface area contributed by atoms with E-state index in [1.807, 2.05) is 13.8 Å². The molecule has 0 aliphatic rings. The number of methoxy groups -OCH3 is 1. The minimum Gasteiger partial charge on any atom is -0.496 e. The second-order valence-corrected chi connectivity index (χ2v) is 8.44. The number of hydrogen-bond donors (Lipinski definition) is 2. The van der Waals surface area contributed by atoms with Gasteiger partial charge < -0.3 is 14.8 Å². The highest BCUT2D eigenvalue weighted by Gasteiger charge is 2.17. The van der Waals surface area contributed by atoms with Gasteiger partial charge in [-0.3, -0.25) is 19.2 Å². The van der Waals surface area contributed by atoms with Gasteiger partial charge in [0.15, 0.2) is 0 Å². The van der Waals surface area contributed by atoms with Gasteiger partial charge in [-0.2, -0.15) is 0 Å². The summed E-state index contributed by atoms with van der Waals surface area (Å²) < 4.78 is 25.4. The van der Waals surface area contributed by atoms with Gasteiger partial charge in [0.2, 0.25) is 0 Å². The van der Waals surface area contributed by atoms with Crippen LogP contribution in [0.15, 0.2) is 54.9 Å². The maximum absolute atomic E-state index is 12.8. The summed E-state index contributed by atoms with van der Waals surface area (Å²) >= 11 is 0. The summed E-state index contributed by atoms with van der Waals surface area (Å²) in [5.74, 6) is 1.18. The van der Waals surface area contributed by atoms with Gasteiger partial charge in [0, 0.05) is 35.8 Å². The van der Waals surface area contributed by atoms with E-state index in [-0.39, 0.29) is 18.0 Å². The minimum absolute atomic E-state index is 0.0521. The summed E-state index contributed by atoms with van der Waals surface area (Å²) in [5, 5.41) is 3.88. The molecule has 2 heterocycles. The maximum atomic E-state index is 12.8. The fraction of sp³-hybridized carbons (Fsp3) is 0.269. The largest absolute Gasteiger partial charge is 0.496 e. The Kier molecular flexibility index (Phi) is 7.65. The van der Waals surface area contributed by atoms with Crippen molar-refractivity contribution < 1.29 is 28.3 Å². The van der Waals surface area contributed by atoms with E-state index in [9.17, 15) is 14.0 Å². The van der Waals surface area contributed by atoms with Gasteiger partial charge in [-0.05, 0) is 42.3 Å². The van der Waals surface area contributed by atoms with Gasteiger partial charge in [-0.15, -0.1) is 0 Å². The number of nitrogens with one attached hydrogen (secondary N) is 2. The van der Waals surface area contributed by atoms with Crippen molar-refractivity contribution in [2.45, 2.75) is 13.8 Å². The molecule has 10 heteroatoms. The lowest BCUT2D eigenvalue weighted by molar-refractivity contribution is 0.0207. The molecule has 0 unspecified atom stereocenters. The lowest BCUT2D eigenvalue weighted by Gasteiger charge is -2.14. The number of aromatic nitrogens is 2. The number of carbonyl (C=O) groups excluding carboxylic acids is 2. The summed E-state index contributed by atoms with van der Waals surface area (Å²) in [4.78, 5) is 34.6. The van der Waals surface area contributed by atoms with Gasteiger partial charge >= 0.3 is 6.03 Å². The third-order valence-electron chi connectivity index (χ3n) is 5.33. The lowest BCUT2D eigenvalue weighted by atomic mass is 10.1. The summed E-state index contributed by atoms with van der Waals surface area (Å²) in [6.45, 7) is 3.64. The van der Waals surface area contributed by atoms with Crippen LogP contribution in [0.5, 0.6) is 17.2 Å². The van der Waals surface area contributed by atoms with Gasteiger partial charge in [0.25, 0.3) is 5.91 Å². The van der Waals surface area contributed by atoms with E-state index in [2.05, 4.69) is 15.8 Å². The van der Waals surface area contributed by atoms with Crippen molar-refractivity contribution in [3.63, 3.8) is 0 Å². The van der Waals surface area contributed by atoms with Crippen LogP contribution in [0.1, 0.15) is 24.2 Å². The van der Waals surface area contributed by atoms with Crippen molar-refractivity contribution in [1.29, 1.82) is 0 Å². The average Bonchev–Trinajstić information content (AvgIpc) is 3.29. The molecular weight excluding hydrogens is 467 g/mol. The van der Waals surface area contributed by atoms with Crippen LogP contribution in [-0.4, -0.2) is 48.4 Å². The molecule has 2 aromatic heterocycles. The Morgan fingerprint density at radius 2 is 1.94 bits per heavy atom. The number of alkyl halides is 1. The van der Waals surface area contributed by atoms with Crippen molar-refractivity contribution in [1.82, 2.24) is 20.3 Å². The number of hydroxylamine groups is 1. The molecule has 0 aliphatic carbocycles. The molecule has 4 rings (SSSR count). The van der Waals surface area contributed by atoms with E-state index >= 15 is 0 Å². The first kappa shape index (κ1) is 24.9. The Labute approximate surface area is 207 Å². The molecule has 9 nitrogen and oxygen atoms in total. The second kappa shape index (κ2) is 11.0. The third kappa shape index (κ3) is 5.38. The van der Waals surface area contributed by atoms with E-state index in [4.69, 9.17) is 14.3 Å². The van der Waals surface area contributed by atoms with E-state index in [1.165, 1.54) is 11.7 Å². The zero-order valence-electron chi connectivity index (χ0n) is 20.2. The first-order chi connectivity index (χ1) is 17.4. The molecule has 0 spiro atoms. The Bertz CT molecular complexity index is 1400. The molecule has 0 saturated carbocycles. The standard InChI is InChI=1S/C26H27FN4O5/c1-16(2)15-35-30-25(32)20-13-19-21(14-24(20)34-3)28-9-6-23(19)36-18-4-5-22-17(12-18)7-11-31(22)26(33)29-10-8-27/h4-7,9,11-14,16H,8,10,15H2,1-3H3,(H,29,33)(H,30,32). The van der Waals surface area contributed by atoms with Crippen molar-refractivity contribution in [2.24, 2.45) is 5.92 Å². The fourth-order valence-corrected chi connectivity index (χ4v) is 3.64. The molecular formula is C26H27FN4O5. The van der Waals surface area contributed by atoms with Crippen molar-refractivity contribution in [3.8, 4) is 17.2 Å². The SMILES string of the molecule is COc1cc2nccc(Oc3ccc4c(ccn4C(=O)NCCF)c3)c2cc1C(=O)NOCC(C)C. The molecule has 2 N–H and O–H groups in total. The summed E-state index contributed by atoms with van der Waals surface area (Å²) in [5.41, 5.74) is 3.96. The smallest absolute Gasteiger partial charge is 0.326 e. The highest BCUT2D eigenvalue weighted by atomic mass is 19.1. The van der Waals surface area contributed by atoms with Crippen molar-refractivity contribution in [2.75, 3.05) is 26.9 Å². The maximum Gasteiger partial charge on any atom is 0.326 e. The molecule has 0 aliphatic heterocycles. The number of rotatable bonds is 9. The number of ether oxygens (including phenoxy) is 2. The van der Waals surface area contributed by atoms with Crippen molar-refractivity contribution in [3.05, 3.63) is 60.4 Å². The van der Waals surface area contributed by atoms with Crippen LogP contribution < -0.4 is 20.3 Å². The van der Waals surface area contributed by atoms with Crippen LogP contribution in [0, 0.1) is 5.92 Å². The summed E-state index contributed by atoms with van der Waals surface area (Å²) in [6, 6.07) is 11.6. The van der Waals surface area contributed by atoms with E-state index < -0.39 is 18.6 Å². The number of pyridine rings is 1. The Balaban J connectivity index is 1.63. The topological polar surface area (TPSA) is 104 Å². The quantitative estimate of drug-likeness (QED) is 0.323. The molecule has 0 saturated heterocycles. The van der Waals surface area contributed by atoms with E-state index in [0.717, 1.165) is 5.39 Å². The molecule has 4 aromatic rings. The fourth-order valence-electron chi connectivity index (χ4n) is 3.64. The molecule has 0 fully saturated rings. The number of carbonyl (C=O) groups is 2. The Morgan fingerprint density at radius 3 is 2.69 bits per heavy atom. The van der Waals surface area contributed by atoms with Crippen LogP contribution >= 0.6 is 0 Å². The number of hydrogen-bond acceptors (Lipinski definition) is 6. The van der Waals surface area contributed by atoms with Crippen LogP contribution in [-0.2, 0) is 4.84 Å². The van der Waals surface area contributed by atoms with Crippen LogP contribution in [0.2, 0.25) is 0 Å². The van der Waals surface area contributed by atoms with Gasteiger partial charge in [-0.1, -0.05) is 13.8 Å². The molecule has 2 amide bonds. The average molecular weight is 495 g/mol. The Hall–Kier alpha value is -4.18. The minimum atomic E-state index is -0.636. The van der Waals surface area contributed by atoms with Gasteiger partial charge in [0.05, 0.1) is 30.3 Å². The predicted octanol–water partition coefficient (Wildman–Crippen LogP) is 4.84. The summed E-state index contributed by atoms with van der Waals surface area (Å²) in [7, 11) is 1.48. The monoisotopic (exact) mass is 494 g/mol. The number of benzene rings is 2. The molecule has 188 valence electrons. The highest BCUT2D eigenvalue weighted by molar-refractivity contribution is 6.02. The van der Waals surface area contributed by atoms with Crippen LogP contribution in [0.25, 0.3) is 21.8 Å². The predicted molar refractivity (Wildman–Crippen MR) is 133 cm³/mol. The Morgan fingerprint density at radius 1 is 1.11 bits per heavy atom. The van der Waals surface area contributed by atoms with Crippen LogP contribution in [0.3, 0.4) is 0 Å². The first-order valence-electron chi connectivity index (χ1n) is 11.4. The number of nitrogens with zero attached hydrogens (tertiary/aromatic N) is 2. The highest BCUT2D eigenvalue weighted by Crippen LogP contribution is 2.34. The third-order valence-corrected chi connectivity index (χ3v) is 5.33. The first-order valence-corrected chi connectivity index (χ1v) is 11.4.